The topological polar surface area (TPSA) is 21.3 Å². The number of hydrogen-bond acceptors (Lipinski definition) is 3. The second-order valence-corrected chi connectivity index (χ2v) is 6.92. The fourth-order valence-electron chi connectivity index (χ4n) is 2.79. The molecular weight excluding hydrogens is 290 g/mol. The van der Waals surface area contributed by atoms with E-state index in [0.29, 0.717) is 12.6 Å². The SMILES string of the molecule is COCc1cccc(NC2CCCc3sc(Cl)cc32)c1. The van der Waals surface area contributed by atoms with Crippen LogP contribution in [0.15, 0.2) is 30.3 Å². The summed E-state index contributed by atoms with van der Waals surface area (Å²) in [4.78, 5) is 1.44. The molecule has 2 nitrogen and oxygen atoms in total. The first-order chi connectivity index (χ1) is 9.76. The number of benzene rings is 1. The van der Waals surface area contributed by atoms with Crippen LogP contribution in [0.2, 0.25) is 4.34 Å². The Bertz CT molecular complexity index is 596. The van der Waals surface area contributed by atoms with Crippen molar-refractivity contribution in [3.05, 3.63) is 50.7 Å². The minimum atomic E-state index is 0.375. The lowest BCUT2D eigenvalue weighted by molar-refractivity contribution is 0.185. The van der Waals surface area contributed by atoms with Gasteiger partial charge in [-0.15, -0.1) is 11.3 Å². The third-order valence-electron chi connectivity index (χ3n) is 3.66. The van der Waals surface area contributed by atoms with Crippen LogP contribution in [0.25, 0.3) is 0 Å². The second-order valence-electron chi connectivity index (χ2n) is 5.15. The van der Waals surface area contributed by atoms with E-state index in [4.69, 9.17) is 16.3 Å². The third kappa shape index (κ3) is 3.00. The summed E-state index contributed by atoms with van der Waals surface area (Å²) in [6.45, 7) is 0.649. The Morgan fingerprint density at radius 2 is 2.30 bits per heavy atom. The molecule has 1 unspecified atom stereocenters. The molecule has 0 bridgehead atoms. The van der Waals surface area contributed by atoms with Crippen molar-refractivity contribution in [1.29, 1.82) is 0 Å². The van der Waals surface area contributed by atoms with E-state index in [0.717, 1.165) is 22.9 Å². The number of halogens is 1. The number of ether oxygens (including phenoxy) is 1. The normalized spacial score (nSPS) is 17.8. The molecule has 0 radical (unpaired) electrons. The van der Waals surface area contributed by atoms with Gasteiger partial charge in [-0.2, -0.15) is 0 Å². The Balaban J connectivity index is 1.80. The fourth-order valence-corrected chi connectivity index (χ4v) is 4.17. The van der Waals surface area contributed by atoms with Crippen LogP contribution in [0.3, 0.4) is 0 Å². The number of thiophene rings is 1. The zero-order valence-corrected chi connectivity index (χ0v) is 13.1. The Morgan fingerprint density at radius 1 is 1.40 bits per heavy atom. The molecule has 1 aliphatic rings. The summed E-state index contributed by atoms with van der Waals surface area (Å²) < 4.78 is 6.09. The summed E-state index contributed by atoms with van der Waals surface area (Å²) in [5, 5.41) is 3.64. The van der Waals surface area contributed by atoms with E-state index in [1.54, 1.807) is 18.4 Å². The lowest BCUT2D eigenvalue weighted by Gasteiger charge is -2.24. The van der Waals surface area contributed by atoms with Gasteiger partial charge in [0.25, 0.3) is 0 Å². The highest BCUT2D eigenvalue weighted by Gasteiger charge is 2.22. The van der Waals surface area contributed by atoms with E-state index >= 15 is 0 Å². The number of nitrogens with one attached hydrogen (secondary N) is 1. The van der Waals surface area contributed by atoms with Crippen molar-refractivity contribution < 1.29 is 4.74 Å². The Hall–Kier alpha value is -1.03. The van der Waals surface area contributed by atoms with Gasteiger partial charge in [-0.25, -0.2) is 0 Å². The van der Waals surface area contributed by atoms with Crippen LogP contribution in [-0.4, -0.2) is 7.11 Å². The van der Waals surface area contributed by atoms with Crippen LogP contribution < -0.4 is 5.32 Å². The summed E-state index contributed by atoms with van der Waals surface area (Å²) in [6.07, 6.45) is 3.54. The molecule has 1 aliphatic carbocycles. The maximum atomic E-state index is 6.16. The first-order valence-corrected chi connectivity index (χ1v) is 8.08. The Kier molecular flexibility index (Phi) is 4.29. The van der Waals surface area contributed by atoms with Crippen LogP contribution in [0.5, 0.6) is 0 Å². The van der Waals surface area contributed by atoms with Crippen molar-refractivity contribution in [3.8, 4) is 0 Å². The van der Waals surface area contributed by atoms with E-state index < -0.39 is 0 Å². The van der Waals surface area contributed by atoms with Crippen molar-refractivity contribution in [3.63, 3.8) is 0 Å². The quantitative estimate of drug-likeness (QED) is 0.854. The van der Waals surface area contributed by atoms with Gasteiger partial charge in [-0.1, -0.05) is 23.7 Å². The van der Waals surface area contributed by atoms with E-state index in [2.05, 4.69) is 35.6 Å². The molecule has 2 aromatic rings. The lowest BCUT2D eigenvalue weighted by Crippen LogP contribution is -2.15. The lowest BCUT2D eigenvalue weighted by atomic mass is 9.94. The zero-order chi connectivity index (χ0) is 13.9. The van der Waals surface area contributed by atoms with Gasteiger partial charge in [0, 0.05) is 17.7 Å². The first kappa shape index (κ1) is 13.9. The highest BCUT2D eigenvalue weighted by atomic mass is 35.5. The van der Waals surface area contributed by atoms with Gasteiger partial charge in [0.15, 0.2) is 0 Å². The summed E-state index contributed by atoms with van der Waals surface area (Å²) >= 11 is 7.88. The molecule has 0 saturated heterocycles. The molecule has 1 aromatic heterocycles. The first-order valence-electron chi connectivity index (χ1n) is 6.89. The van der Waals surface area contributed by atoms with Gasteiger partial charge < -0.3 is 10.1 Å². The molecule has 20 heavy (non-hydrogen) atoms. The standard InChI is InChI=1S/C16H18ClNOS/c1-19-10-11-4-2-5-12(8-11)18-14-6-3-7-15-13(14)9-16(17)20-15/h2,4-5,8-9,14,18H,3,6-7,10H2,1H3. The highest BCUT2D eigenvalue weighted by molar-refractivity contribution is 7.16. The molecule has 1 aromatic carbocycles. The summed E-state index contributed by atoms with van der Waals surface area (Å²) in [7, 11) is 1.72. The zero-order valence-electron chi connectivity index (χ0n) is 11.5. The van der Waals surface area contributed by atoms with Crippen molar-refractivity contribution >= 4 is 28.6 Å². The molecule has 0 amide bonds. The molecule has 1 atom stereocenters. The molecule has 0 fully saturated rings. The van der Waals surface area contributed by atoms with Gasteiger partial charge in [0.2, 0.25) is 0 Å². The Labute approximate surface area is 128 Å². The molecule has 0 spiro atoms. The van der Waals surface area contributed by atoms with Gasteiger partial charge in [-0.3, -0.25) is 0 Å². The maximum Gasteiger partial charge on any atom is 0.0934 e. The summed E-state index contributed by atoms with van der Waals surface area (Å²) in [6, 6.07) is 10.9. The molecule has 106 valence electrons. The number of aryl methyl sites for hydroxylation is 1. The minimum Gasteiger partial charge on any atom is -0.380 e. The average molecular weight is 308 g/mol. The van der Waals surface area contributed by atoms with Crippen molar-refractivity contribution in [2.45, 2.75) is 31.9 Å². The van der Waals surface area contributed by atoms with E-state index in [-0.39, 0.29) is 0 Å². The number of rotatable bonds is 4. The Morgan fingerprint density at radius 3 is 3.15 bits per heavy atom. The number of methoxy groups -OCH3 is 1. The highest BCUT2D eigenvalue weighted by Crippen LogP contribution is 2.39. The van der Waals surface area contributed by atoms with Gasteiger partial charge in [0.05, 0.1) is 17.0 Å². The van der Waals surface area contributed by atoms with Gasteiger partial charge in [-0.05, 0) is 48.6 Å². The van der Waals surface area contributed by atoms with Crippen molar-refractivity contribution in [1.82, 2.24) is 0 Å². The van der Waals surface area contributed by atoms with E-state index in [1.165, 1.54) is 22.4 Å². The van der Waals surface area contributed by atoms with Crippen LogP contribution in [0.4, 0.5) is 5.69 Å². The molecule has 3 rings (SSSR count). The predicted molar refractivity (Wildman–Crippen MR) is 85.8 cm³/mol. The summed E-state index contributed by atoms with van der Waals surface area (Å²) in [5.41, 5.74) is 3.72. The number of fused-ring (bicyclic) bond motifs is 1. The average Bonchev–Trinajstić information content (AvgIpc) is 2.81. The van der Waals surface area contributed by atoms with E-state index in [1.807, 2.05) is 0 Å². The molecule has 0 aliphatic heterocycles. The van der Waals surface area contributed by atoms with Gasteiger partial charge >= 0.3 is 0 Å². The van der Waals surface area contributed by atoms with Crippen LogP contribution in [0.1, 0.15) is 34.9 Å². The van der Waals surface area contributed by atoms with Crippen LogP contribution in [0, 0.1) is 0 Å². The molecule has 1 N–H and O–H groups in total. The smallest absolute Gasteiger partial charge is 0.0934 e. The predicted octanol–water partition coefficient (Wildman–Crippen LogP) is 5.04. The molecular formula is C16H18ClNOS. The minimum absolute atomic E-state index is 0.375. The maximum absolute atomic E-state index is 6.16. The molecule has 4 heteroatoms. The van der Waals surface area contributed by atoms with Crippen LogP contribution in [-0.2, 0) is 17.8 Å². The fraction of sp³-hybridized carbons (Fsp3) is 0.375. The third-order valence-corrected chi connectivity index (χ3v) is 5.00. The summed E-state index contributed by atoms with van der Waals surface area (Å²) in [5.74, 6) is 0. The van der Waals surface area contributed by atoms with E-state index in [9.17, 15) is 0 Å². The molecule has 1 heterocycles. The van der Waals surface area contributed by atoms with Crippen LogP contribution >= 0.6 is 22.9 Å². The monoisotopic (exact) mass is 307 g/mol. The number of anilines is 1. The molecule has 0 saturated carbocycles. The van der Waals surface area contributed by atoms with Crippen molar-refractivity contribution in [2.24, 2.45) is 0 Å². The van der Waals surface area contributed by atoms with Gasteiger partial charge in [0.1, 0.15) is 0 Å². The second kappa shape index (κ2) is 6.17. The number of hydrogen-bond donors (Lipinski definition) is 1. The van der Waals surface area contributed by atoms with Crippen molar-refractivity contribution in [2.75, 3.05) is 12.4 Å². The largest absolute Gasteiger partial charge is 0.380 e.